The van der Waals surface area contributed by atoms with Gasteiger partial charge in [-0.1, -0.05) is 29.8 Å². The first kappa shape index (κ1) is 15.3. The van der Waals surface area contributed by atoms with Crippen LogP contribution in [0.1, 0.15) is 5.56 Å². The summed E-state index contributed by atoms with van der Waals surface area (Å²) in [6, 6.07) is 12.1. The number of nitrogens with one attached hydrogen (secondary N) is 1. The van der Waals surface area contributed by atoms with Gasteiger partial charge >= 0.3 is 0 Å². The van der Waals surface area contributed by atoms with Gasteiger partial charge in [0.1, 0.15) is 5.69 Å². The van der Waals surface area contributed by atoms with Crippen LogP contribution in [-0.4, -0.2) is 23.9 Å². The maximum absolute atomic E-state index is 12.2. The number of halogens is 1. The van der Waals surface area contributed by atoms with Crippen LogP contribution in [0.2, 0.25) is 5.02 Å². The van der Waals surface area contributed by atoms with Gasteiger partial charge in [-0.05, 0) is 30.2 Å². The molecule has 0 atom stereocenters. The molecule has 2 aromatic carbocycles. The van der Waals surface area contributed by atoms with Crippen molar-refractivity contribution in [3.63, 3.8) is 0 Å². The summed E-state index contributed by atoms with van der Waals surface area (Å²) in [7, 11) is 0. The monoisotopic (exact) mass is 331 g/mol. The lowest BCUT2D eigenvalue weighted by Crippen LogP contribution is -2.32. The average molecular weight is 332 g/mol. The molecule has 3 rings (SSSR count). The van der Waals surface area contributed by atoms with Crippen molar-refractivity contribution >= 4 is 34.6 Å². The van der Waals surface area contributed by atoms with Crippen molar-refractivity contribution in [2.45, 2.75) is 6.42 Å². The van der Waals surface area contributed by atoms with Crippen LogP contribution in [0.15, 0.2) is 42.5 Å². The van der Waals surface area contributed by atoms with Gasteiger partial charge in [0.25, 0.3) is 5.69 Å². The number of anilines is 2. The van der Waals surface area contributed by atoms with Gasteiger partial charge in [0.2, 0.25) is 5.91 Å². The van der Waals surface area contributed by atoms with Gasteiger partial charge in [-0.25, -0.2) is 0 Å². The summed E-state index contributed by atoms with van der Waals surface area (Å²) in [5.74, 6) is -0.299. The molecule has 1 N–H and O–H groups in total. The molecule has 118 valence electrons. The third kappa shape index (κ3) is 3.27. The molecule has 6 nitrogen and oxygen atoms in total. The zero-order valence-corrected chi connectivity index (χ0v) is 12.9. The normalized spacial score (nSPS) is 12.8. The fourth-order valence-electron chi connectivity index (χ4n) is 2.70. The van der Waals surface area contributed by atoms with Crippen LogP contribution >= 0.6 is 11.6 Å². The number of rotatable bonds is 4. The van der Waals surface area contributed by atoms with E-state index in [1.54, 1.807) is 0 Å². The summed E-state index contributed by atoms with van der Waals surface area (Å²) < 4.78 is 0. The second-order valence-corrected chi connectivity index (χ2v) is 5.70. The number of nitrogens with zero attached hydrogens (tertiary/aromatic N) is 2. The molecule has 0 saturated carbocycles. The van der Waals surface area contributed by atoms with E-state index < -0.39 is 4.92 Å². The molecule has 23 heavy (non-hydrogen) atoms. The number of fused-ring (bicyclic) bond motifs is 1. The summed E-state index contributed by atoms with van der Waals surface area (Å²) in [6.07, 6.45) is 0.893. The molecule has 2 aromatic rings. The van der Waals surface area contributed by atoms with E-state index in [4.69, 9.17) is 11.6 Å². The zero-order valence-electron chi connectivity index (χ0n) is 12.2. The average Bonchev–Trinajstić information content (AvgIpc) is 2.92. The largest absolute Gasteiger partial charge is 0.362 e. The first-order valence-corrected chi connectivity index (χ1v) is 7.49. The summed E-state index contributed by atoms with van der Waals surface area (Å²) in [5.41, 5.74) is 2.18. The first-order chi connectivity index (χ1) is 11.0. The van der Waals surface area contributed by atoms with E-state index in [1.165, 1.54) is 23.8 Å². The van der Waals surface area contributed by atoms with Gasteiger partial charge < -0.3 is 10.2 Å². The predicted octanol–water partition coefficient (Wildman–Crippen LogP) is 3.25. The second kappa shape index (κ2) is 6.26. The lowest BCUT2D eigenvalue weighted by molar-refractivity contribution is -0.383. The molecular formula is C16H14ClN3O3. The highest BCUT2D eigenvalue weighted by molar-refractivity contribution is 6.31. The van der Waals surface area contributed by atoms with Crippen LogP contribution < -0.4 is 10.2 Å². The maximum Gasteiger partial charge on any atom is 0.294 e. The molecule has 0 fully saturated rings. The molecule has 0 bridgehead atoms. The van der Waals surface area contributed by atoms with Gasteiger partial charge in [-0.15, -0.1) is 0 Å². The quantitative estimate of drug-likeness (QED) is 0.689. The highest BCUT2D eigenvalue weighted by Crippen LogP contribution is 2.29. The molecule has 0 unspecified atom stereocenters. The minimum absolute atomic E-state index is 0.150. The van der Waals surface area contributed by atoms with Crippen molar-refractivity contribution in [2.75, 3.05) is 23.3 Å². The zero-order chi connectivity index (χ0) is 16.4. The van der Waals surface area contributed by atoms with Gasteiger partial charge in [-0.2, -0.15) is 0 Å². The van der Waals surface area contributed by atoms with E-state index in [-0.39, 0.29) is 28.8 Å². The van der Waals surface area contributed by atoms with Gasteiger partial charge in [0, 0.05) is 23.3 Å². The van der Waals surface area contributed by atoms with E-state index in [0.29, 0.717) is 0 Å². The minimum atomic E-state index is -0.563. The third-order valence-corrected chi connectivity index (χ3v) is 3.98. The first-order valence-electron chi connectivity index (χ1n) is 7.11. The lowest BCUT2D eigenvalue weighted by atomic mass is 10.2. The predicted molar refractivity (Wildman–Crippen MR) is 89.1 cm³/mol. The van der Waals surface area contributed by atoms with Gasteiger partial charge in [0.15, 0.2) is 0 Å². The van der Waals surface area contributed by atoms with E-state index in [1.807, 2.05) is 29.2 Å². The van der Waals surface area contributed by atoms with Crippen molar-refractivity contribution in [1.29, 1.82) is 0 Å². The standard InChI is InChI=1S/C16H14ClN3O3/c17-12-5-6-13(15(9-12)20(22)23)18-16(21)10-19-8-7-11-3-1-2-4-14(11)19/h1-6,9H,7-8,10H2,(H,18,21). The Morgan fingerprint density at radius 1 is 1.30 bits per heavy atom. The number of amides is 1. The summed E-state index contributed by atoms with van der Waals surface area (Å²) >= 11 is 5.77. The lowest BCUT2D eigenvalue weighted by Gasteiger charge is -2.18. The Labute approximate surface area is 137 Å². The van der Waals surface area contributed by atoms with Crippen LogP contribution in [0.3, 0.4) is 0 Å². The Balaban J connectivity index is 1.73. The Bertz CT molecular complexity index is 779. The van der Waals surface area contributed by atoms with Crippen LogP contribution in [0.4, 0.5) is 17.1 Å². The topological polar surface area (TPSA) is 75.5 Å². The Morgan fingerprint density at radius 3 is 2.87 bits per heavy atom. The van der Waals surface area contributed by atoms with E-state index >= 15 is 0 Å². The summed E-state index contributed by atoms with van der Waals surface area (Å²) in [4.78, 5) is 24.7. The molecular weight excluding hydrogens is 318 g/mol. The molecule has 0 aliphatic carbocycles. The maximum atomic E-state index is 12.2. The molecule has 0 saturated heterocycles. The number of hydrogen-bond donors (Lipinski definition) is 1. The molecule has 0 radical (unpaired) electrons. The molecule has 1 aliphatic heterocycles. The Morgan fingerprint density at radius 2 is 2.09 bits per heavy atom. The van der Waals surface area contributed by atoms with E-state index in [0.717, 1.165) is 18.7 Å². The number of nitro groups is 1. The molecule has 1 aliphatic rings. The van der Waals surface area contributed by atoms with Crippen molar-refractivity contribution in [3.8, 4) is 0 Å². The smallest absolute Gasteiger partial charge is 0.294 e. The van der Waals surface area contributed by atoms with Crippen LogP contribution in [-0.2, 0) is 11.2 Å². The number of carbonyl (C=O) groups is 1. The van der Waals surface area contributed by atoms with Crippen molar-refractivity contribution < 1.29 is 9.72 Å². The second-order valence-electron chi connectivity index (χ2n) is 5.27. The fourth-order valence-corrected chi connectivity index (χ4v) is 2.86. The third-order valence-electron chi connectivity index (χ3n) is 3.75. The van der Waals surface area contributed by atoms with Crippen molar-refractivity contribution in [1.82, 2.24) is 0 Å². The van der Waals surface area contributed by atoms with Gasteiger partial charge in [0.05, 0.1) is 11.5 Å². The number of carbonyl (C=O) groups excluding carboxylic acids is 1. The van der Waals surface area contributed by atoms with Gasteiger partial charge in [-0.3, -0.25) is 14.9 Å². The number of benzene rings is 2. The molecule has 1 heterocycles. The van der Waals surface area contributed by atoms with Crippen LogP contribution in [0, 0.1) is 10.1 Å². The van der Waals surface area contributed by atoms with Crippen LogP contribution in [0.5, 0.6) is 0 Å². The highest BCUT2D eigenvalue weighted by Gasteiger charge is 2.22. The van der Waals surface area contributed by atoms with E-state index in [9.17, 15) is 14.9 Å². The Kier molecular flexibility index (Phi) is 4.16. The fraction of sp³-hybridized carbons (Fsp3) is 0.188. The van der Waals surface area contributed by atoms with Crippen molar-refractivity contribution in [3.05, 3.63) is 63.2 Å². The molecule has 1 amide bonds. The molecule has 0 spiro atoms. The SMILES string of the molecule is O=C(CN1CCc2ccccc21)Nc1ccc(Cl)cc1[N+](=O)[O-]. The number of nitro benzene ring substituents is 1. The van der Waals surface area contributed by atoms with Crippen molar-refractivity contribution in [2.24, 2.45) is 0 Å². The molecule has 7 heteroatoms. The number of hydrogen-bond acceptors (Lipinski definition) is 4. The molecule has 0 aromatic heterocycles. The number of para-hydroxylation sites is 1. The summed E-state index contributed by atoms with van der Waals surface area (Å²) in [6.45, 7) is 0.909. The summed E-state index contributed by atoms with van der Waals surface area (Å²) in [5, 5.41) is 13.9. The van der Waals surface area contributed by atoms with Crippen LogP contribution in [0.25, 0.3) is 0 Å². The highest BCUT2D eigenvalue weighted by atomic mass is 35.5. The minimum Gasteiger partial charge on any atom is -0.362 e. The Hall–Kier alpha value is -2.60. The van der Waals surface area contributed by atoms with E-state index in [2.05, 4.69) is 5.32 Å².